The van der Waals surface area contributed by atoms with Crippen LogP contribution in [0, 0.1) is 5.82 Å². The number of carbonyl (C=O) groups is 2. The Labute approximate surface area is 103 Å². The lowest BCUT2D eigenvalue weighted by Crippen LogP contribution is -2.63. The number of nitrogens with zero attached hydrogens (tertiary/aromatic N) is 1. The number of urea groups is 1. The van der Waals surface area contributed by atoms with Gasteiger partial charge in [0.05, 0.1) is 11.7 Å². The van der Waals surface area contributed by atoms with Gasteiger partial charge in [0.1, 0.15) is 11.9 Å². The lowest BCUT2D eigenvalue weighted by atomic mass is 10.1. The van der Waals surface area contributed by atoms with E-state index in [2.05, 4.69) is 10.6 Å². The minimum absolute atomic E-state index is 0.137. The monoisotopic (exact) mass is 249 g/mol. The molecular formula is C12H12FN3O2. The van der Waals surface area contributed by atoms with Crippen LogP contribution in [0.25, 0.3) is 0 Å². The molecule has 0 spiro atoms. The van der Waals surface area contributed by atoms with Crippen LogP contribution >= 0.6 is 0 Å². The molecule has 3 rings (SSSR count). The predicted molar refractivity (Wildman–Crippen MR) is 62.6 cm³/mol. The van der Waals surface area contributed by atoms with E-state index in [1.54, 1.807) is 0 Å². The Kier molecular flexibility index (Phi) is 2.52. The van der Waals surface area contributed by atoms with Crippen LogP contribution in [0.5, 0.6) is 0 Å². The number of benzene rings is 1. The summed E-state index contributed by atoms with van der Waals surface area (Å²) in [5, 5.41) is 5.84. The highest BCUT2D eigenvalue weighted by Crippen LogP contribution is 2.22. The minimum atomic E-state index is -0.448. The second-order valence-corrected chi connectivity index (χ2v) is 4.43. The third-order valence-corrected chi connectivity index (χ3v) is 3.31. The molecule has 2 atom stereocenters. The molecule has 2 aliphatic heterocycles. The van der Waals surface area contributed by atoms with Crippen LogP contribution in [0.2, 0.25) is 0 Å². The number of hydrogen-bond acceptors (Lipinski definition) is 3. The van der Waals surface area contributed by atoms with Gasteiger partial charge in [-0.15, -0.1) is 0 Å². The quantitative estimate of drug-likeness (QED) is 0.766. The first-order chi connectivity index (χ1) is 8.66. The number of carbonyl (C=O) groups excluding carboxylic acids is 2. The molecule has 1 aromatic rings. The highest BCUT2D eigenvalue weighted by Gasteiger charge is 2.43. The summed E-state index contributed by atoms with van der Waals surface area (Å²) < 4.78 is 12.8. The van der Waals surface area contributed by atoms with E-state index in [1.807, 2.05) is 0 Å². The van der Waals surface area contributed by atoms with Crippen molar-refractivity contribution in [3.8, 4) is 0 Å². The van der Waals surface area contributed by atoms with Crippen LogP contribution in [0.15, 0.2) is 24.3 Å². The van der Waals surface area contributed by atoms with E-state index in [1.165, 1.54) is 24.3 Å². The first-order valence-corrected chi connectivity index (χ1v) is 5.80. The summed E-state index contributed by atoms with van der Waals surface area (Å²) in [6, 6.07) is 4.32. The molecule has 5 nitrogen and oxygen atoms in total. The van der Waals surface area contributed by atoms with Gasteiger partial charge in [-0.3, -0.25) is 4.79 Å². The first-order valence-electron chi connectivity index (χ1n) is 5.80. The summed E-state index contributed by atoms with van der Waals surface area (Å²) in [4.78, 5) is 25.2. The zero-order chi connectivity index (χ0) is 12.7. The molecule has 0 bridgehead atoms. The van der Waals surface area contributed by atoms with E-state index in [9.17, 15) is 14.0 Å². The zero-order valence-electron chi connectivity index (χ0n) is 9.52. The summed E-state index contributed by atoms with van der Waals surface area (Å²) >= 11 is 0. The van der Waals surface area contributed by atoms with Gasteiger partial charge in [-0.1, -0.05) is 0 Å². The van der Waals surface area contributed by atoms with Crippen molar-refractivity contribution in [1.29, 1.82) is 0 Å². The summed E-state index contributed by atoms with van der Waals surface area (Å²) in [6.07, 6.45) is 0.749. The standard InChI is InChI=1S/C12H12FN3O2/c13-7-1-3-8(4-2-7)16-11(17)10-9(5-6-14-10)15-12(16)18/h1-4,9-10,14H,5-6H2,(H,15,18)/t9-,10+/m1/s1. The Hall–Kier alpha value is -1.95. The van der Waals surface area contributed by atoms with Gasteiger partial charge in [0, 0.05) is 0 Å². The van der Waals surface area contributed by atoms with Gasteiger partial charge in [0.15, 0.2) is 0 Å². The topological polar surface area (TPSA) is 61.4 Å². The fourth-order valence-electron chi connectivity index (χ4n) is 2.42. The molecule has 2 heterocycles. The third kappa shape index (κ3) is 1.65. The molecule has 2 fully saturated rings. The van der Waals surface area contributed by atoms with Gasteiger partial charge in [0.2, 0.25) is 0 Å². The molecule has 94 valence electrons. The molecule has 0 aliphatic carbocycles. The van der Waals surface area contributed by atoms with Crippen LogP contribution < -0.4 is 15.5 Å². The zero-order valence-corrected chi connectivity index (χ0v) is 9.52. The smallest absolute Gasteiger partial charge is 0.329 e. The van der Waals surface area contributed by atoms with Crippen molar-refractivity contribution in [2.75, 3.05) is 11.4 Å². The Balaban J connectivity index is 1.93. The molecular weight excluding hydrogens is 237 g/mol. The van der Waals surface area contributed by atoms with E-state index in [0.29, 0.717) is 12.2 Å². The second-order valence-electron chi connectivity index (χ2n) is 4.43. The van der Waals surface area contributed by atoms with E-state index in [-0.39, 0.29) is 18.0 Å². The molecule has 2 aliphatic rings. The molecule has 0 unspecified atom stereocenters. The highest BCUT2D eigenvalue weighted by molar-refractivity contribution is 6.18. The molecule has 6 heteroatoms. The van der Waals surface area contributed by atoms with Crippen LogP contribution in [-0.2, 0) is 4.79 Å². The molecule has 0 radical (unpaired) electrons. The van der Waals surface area contributed by atoms with E-state index >= 15 is 0 Å². The maximum Gasteiger partial charge on any atom is 0.329 e. The number of nitrogens with one attached hydrogen (secondary N) is 2. The number of amides is 3. The molecule has 1 aromatic carbocycles. The molecule has 2 saturated heterocycles. The van der Waals surface area contributed by atoms with Crippen LogP contribution in [-0.4, -0.2) is 30.6 Å². The summed E-state index contributed by atoms with van der Waals surface area (Å²) in [5.74, 6) is -0.687. The largest absolute Gasteiger partial charge is 0.332 e. The van der Waals surface area contributed by atoms with Gasteiger partial charge < -0.3 is 10.6 Å². The lowest BCUT2D eigenvalue weighted by molar-refractivity contribution is -0.120. The van der Waals surface area contributed by atoms with Crippen molar-refractivity contribution in [3.63, 3.8) is 0 Å². The molecule has 2 N–H and O–H groups in total. The Morgan fingerprint density at radius 2 is 1.94 bits per heavy atom. The van der Waals surface area contributed by atoms with Gasteiger partial charge in [-0.25, -0.2) is 14.1 Å². The van der Waals surface area contributed by atoms with Crippen molar-refractivity contribution in [3.05, 3.63) is 30.1 Å². The molecule has 0 saturated carbocycles. The number of hydrogen-bond donors (Lipinski definition) is 2. The minimum Gasteiger partial charge on any atom is -0.332 e. The molecule has 0 aromatic heterocycles. The van der Waals surface area contributed by atoms with E-state index in [4.69, 9.17) is 0 Å². The SMILES string of the molecule is O=C1N[C@@H]2CCN[C@@H]2C(=O)N1c1ccc(F)cc1. The van der Waals surface area contributed by atoms with Crippen molar-refractivity contribution in [1.82, 2.24) is 10.6 Å². The summed E-state index contributed by atoms with van der Waals surface area (Å²) in [5.41, 5.74) is 0.381. The third-order valence-electron chi connectivity index (χ3n) is 3.31. The van der Waals surface area contributed by atoms with Crippen LogP contribution in [0.3, 0.4) is 0 Å². The second kappa shape index (κ2) is 4.06. The van der Waals surface area contributed by atoms with Gasteiger partial charge >= 0.3 is 6.03 Å². The molecule has 18 heavy (non-hydrogen) atoms. The maximum absolute atomic E-state index is 12.8. The van der Waals surface area contributed by atoms with E-state index < -0.39 is 11.8 Å². The van der Waals surface area contributed by atoms with Gasteiger partial charge in [-0.2, -0.15) is 0 Å². The van der Waals surface area contributed by atoms with Gasteiger partial charge in [0.25, 0.3) is 5.91 Å². The predicted octanol–water partition coefficient (Wildman–Crippen LogP) is 0.612. The fourth-order valence-corrected chi connectivity index (χ4v) is 2.42. The number of anilines is 1. The maximum atomic E-state index is 12.8. The van der Waals surface area contributed by atoms with Crippen molar-refractivity contribution < 1.29 is 14.0 Å². The summed E-state index contributed by atoms with van der Waals surface area (Å²) in [7, 11) is 0. The average Bonchev–Trinajstić information content (AvgIpc) is 2.80. The highest BCUT2D eigenvalue weighted by atomic mass is 19.1. The van der Waals surface area contributed by atoms with Crippen molar-refractivity contribution >= 4 is 17.6 Å². The fraction of sp³-hybridized carbons (Fsp3) is 0.333. The van der Waals surface area contributed by atoms with Crippen molar-refractivity contribution in [2.24, 2.45) is 0 Å². The lowest BCUT2D eigenvalue weighted by Gasteiger charge is -2.33. The average molecular weight is 249 g/mol. The Morgan fingerprint density at radius 3 is 2.67 bits per heavy atom. The normalized spacial score (nSPS) is 27.1. The first kappa shape index (κ1) is 11.2. The Morgan fingerprint density at radius 1 is 1.22 bits per heavy atom. The number of rotatable bonds is 1. The number of fused-ring (bicyclic) bond motifs is 1. The Bertz CT molecular complexity index is 503. The molecule has 3 amide bonds. The van der Waals surface area contributed by atoms with Crippen LogP contribution in [0.4, 0.5) is 14.9 Å². The van der Waals surface area contributed by atoms with Crippen molar-refractivity contribution in [2.45, 2.75) is 18.5 Å². The number of halogens is 1. The van der Waals surface area contributed by atoms with Crippen LogP contribution in [0.1, 0.15) is 6.42 Å². The van der Waals surface area contributed by atoms with E-state index in [0.717, 1.165) is 11.3 Å². The number of imide groups is 1. The summed E-state index contributed by atoms with van der Waals surface area (Å²) in [6.45, 7) is 0.707. The van der Waals surface area contributed by atoms with Gasteiger partial charge in [-0.05, 0) is 37.2 Å².